The number of nitrogens with two attached hydrogens (primary N) is 1. The van der Waals surface area contributed by atoms with E-state index in [2.05, 4.69) is 5.32 Å². The van der Waals surface area contributed by atoms with Gasteiger partial charge in [-0.05, 0) is 29.8 Å². The van der Waals surface area contributed by atoms with Crippen LogP contribution in [0.1, 0.15) is 15.9 Å². The van der Waals surface area contributed by atoms with Crippen molar-refractivity contribution in [3.05, 3.63) is 64.7 Å². The Labute approximate surface area is 133 Å². The highest BCUT2D eigenvalue weighted by Gasteiger charge is 2.12. The molecule has 0 bridgehead atoms. The van der Waals surface area contributed by atoms with Crippen LogP contribution in [0.4, 0.5) is 0 Å². The second kappa shape index (κ2) is 7.47. The predicted molar refractivity (Wildman–Crippen MR) is 83.8 cm³/mol. The third kappa shape index (κ3) is 4.49. The van der Waals surface area contributed by atoms with Gasteiger partial charge in [-0.2, -0.15) is 0 Å². The van der Waals surface area contributed by atoms with Gasteiger partial charge in [-0.25, -0.2) is 0 Å². The molecule has 2 aromatic carbocycles. The number of benzene rings is 2. The van der Waals surface area contributed by atoms with Crippen LogP contribution in [0.15, 0.2) is 48.5 Å². The highest BCUT2D eigenvalue weighted by molar-refractivity contribution is 6.30. The molecule has 0 spiro atoms. The van der Waals surface area contributed by atoms with E-state index in [0.29, 0.717) is 22.9 Å². The van der Waals surface area contributed by atoms with Gasteiger partial charge >= 0.3 is 0 Å². The van der Waals surface area contributed by atoms with E-state index in [-0.39, 0.29) is 12.5 Å². The van der Waals surface area contributed by atoms with Gasteiger partial charge in [0.15, 0.2) is 6.61 Å². The molecule has 0 fully saturated rings. The molecule has 6 heteroatoms. The Balaban J connectivity index is 2.04. The summed E-state index contributed by atoms with van der Waals surface area (Å²) in [7, 11) is 0. The predicted octanol–water partition coefficient (Wildman–Crippen LogP) is 2.13. The summed E-state index contributed by atoms with van der Waals surface area (Å²) < 4.78 is 5.23. The molecule has 0 aliphatic rings. The van der Waals surface area contributed by atoms with Gasteiger partial charge in [0.2, 0.25) is 0 Å². The summed E-state index contributed by atoms with van der Waals surface area (Å²) in [5.74, 6) is -0.598. The average Bonchev–Trinajstić information content (AvgIpc) is 2.51. The van der Waals surface area contributed by atoms with Gasteiger partial charge in [0, 0.05) is 11.6 Å². The van der Waals surface area contributed by atoms with Crippen LogP contribution in [-0.4, -0.2) is 18.4 Å². The third-order valence-electron chi connectivity index (χ3n) is 2.84. The first kappa shape index (κ1) is 15.9. The van der Waals surface area contributed by atoms with Crippen LogP contribution >= 0.6 is 11.6 Å². The molecular formula is C16H15ClN2O3. The van der Waals surface area contributed by atoms with Crippen molar-refractivity contribution in [1.29, 1.82) is 0 Å². The molecule has 3 N–H and O–H groups in total. The molecule has 114 valence electrons. The molecule has 0 radical (unpaired) electrons. The molecule has 0 saturated carbocycles. The van der Waals surface area contributed by atoms with Crippen LogP contribution in [0.2, 0.25) is 5.02 Å². The summed E-state index contributed by atoms with van der Waals surface area (Å²) in [4.78, 5) is 23.0. The second-order valence-electron chi connectivity index (χ2n) is 4.56. The molecular weight excluding hydrogens is 304 g/mol. The van der Waals surface area contributed by atoms with E-state index in [1.807, 2.05) is 12.1 Å². The molecule has 0 aliphatic carbocycles. The van der Waals surface area contributed by atoms with Gasteiger partial charge in [0.1, 0.15) is 5.75 Å². The Bertz CT molecular complexity index is 689. The molecule has 2 aromatic rings. The molecule has 5 nitrogen and oxygen atoms in total. The lowest BCUT2D eigenvalue weighted by Gasteiger charge is -2.10. The Morgan fingerprint density at radius 2 is 1.91 bits per heavy atom. The van der Waals surface area contributed by atoms with Crippen LogP contribution < -0.4 is 15.8 Å². The monoisotopic (exact) mass is 318 g/mol. The number of carbonyl (C=O) groups is 2. The Morgan fingerprint density at radius 1 is 1.14 bits per heavy atom. The topological polar surface area (TPSA) is 81.4 Å². The number of nitrogens with one attached hydrogen (secondary N) is 1. The largest absolute Gasteiger partial charge is 0.483 e. The van der Waals surface area contributed by atoms with E-state index >= 15 is 0 Å². The lowest BCUT2D eigenvalue weighted by atomic mass is 10.1. The minimum atomic E-state index is -0.603. The number of carbonyl (C=O) groups excluding carboxylic acids is 2. The zero-order chi connectivity index (χ0) is 15.9. The standard InChI is InChI=1S/C16H15ClN2O3/c17-12-5-3-4-11(8-12)9-19-16(21)13-6-1-2-7-14(13)22-10-15(18)20/h1-8H,9-10H2,(H2,18,20)(H,19,21). The molecule has 2 rings (SSSR count). The summed E-state index contributed by atoms with van der Waals surface area (Å²) in [6.07, 6.45) is 0. The van der Waals surface area contributed by atoms with Crippen molar-refractivity contribution < 1.29 is 14.3 Å². The molecule has 0 saturated heterocycles. The van der Waals surface area contributed by atoms with Crippen LogP contribution in [0, 0.1) is 0 Å². The molecule has 0 atom stereocenters. The first-order chi connectivity index (χ1) is 10.6. The number of halogens is 1. The van der Waals surface area contributed by atoms with E-state index in [1.165, 1.54) is 0 Å². The van der Waals surface area contributed by atoms with E-state index in [9.17, 15) is 9.59 Å². The first-order valence-electron chi connectivity index (χ1n) is 6.59. The van der Waals surface area contributed by atoms with Gasteiger partial charge in [-0.15, -0.1) is 0 Å². The van der Waals surface area contributed by atoms with Crippen LogP contribution in [0.3, 0.4) is 0 Å². The SMILES string of the molecule is NC(=O)COc1ccccc1C(=O)NCc1cccc(Cl)c1. The zero-order valence-corrected chi connectivity index (χ0v) is 12.5. The lowest BCUT2D eigenvalue weighted by molar-refractivity contribution is -0.119. The number of hydrogen-bond donors (Lipinski definition) is 2. The van der Waals surface area contributed by atoms with E-state index in [4.69, 9.17) is 22.1 Å². The minimum Gasteiger partial charge on any atom is -0.483 e. The van der Waals surface area contributed by atoms with E-state index in [0.717, 1.165) is 5.56 Å². The Kier molecular flexibility index (Phi) is 5.38. The maximum Gasteiger partial charge on any atom is 0.255 e. The third-order valence-corrected chi connectivity index (χ3v) is 3.08. The number of primary amides is 1. The summed E-state index contributed by atoms with van der Waals surface area (Å²) >= 11 is 5.90. The van der Waals surface area contributed by atoms with Crippen molar-refractivity contribution in [1.82, 2.24) is 5.32 Å². The van der Waals surface area contributed by atoms with Crippen LogP contribution in [0.25, 0.3) is 0 Å². The number of hydrogen-bond acceptors (Lipinski definition) is 3. The van der Waals surface area contributed by atoms with Gasteiger partial charge in [0.25, 0.3) is 11.8 Å². The average molecular weight is 319 g/mol. The van der Waals surface area contributed by atoms with E-state index in [1.54, 1.807) is 36.4 Å². The van der Waals surface area contributed by atoms with Crippen molar-refractivity contribution in [3.63, 3.8) is 0 Å². The number of para-hydroxylation sites is 1. The van der Waals surface area contributed by atoms with Crippen molar-refractivity contribution in [2.75, 3.05) is 6.61 Å². The van der Waals surface area contributed by atoms with Gasteiger partial charge in [-0.1, -0.05) is 35.9 Å². The normalized spacial score (nSPS) is 10.0. The summed E-state index contributed by atoms with van der Waals surface area (Å²) in [5, 5.41) is 3.39. The second-order valence-corrected chi connectivity index (χ2v) is 5.00. The fourth-order valence-electron chi connectivity index (χ4n) is 1.85. The molecule has 0 unspecified atom stereocenters. The van der Waals surface area contributed by atoms with Gasteiger partial charge < -0.3 is 15.8 Å². The maximum atomic E-state index is 12.2. The molecule has 2 amide bonds. The fraction of sp³-hybridized carbons (Fsp3) is 0.125. The van der Waals surface area contributed by atoms with Crippen molar-refractivity contribution in [2.24, 2.45) is 5.73 Å². The van der Waals surface area contributed by atoms with Crippen LogP contribution in [-0.2, 0) is 11.3 Å². The summed E-state index contributed by atoms with van der Waals surface area (Å²) in [5.41, 5.74) is 6.26. The molecule has 22 heavy (non-hydrogen) atoms. The first-order valence-corrected chi connectivity index (χ1v) is 6.97. The highest BCUT2D eigenvalue weighted by atomic mass is 35.5. The smallest absolute Gasteiger partial charge is 0.255 e. The Morgan fingerprint density at radius 3 is 2.64 bits per heavy atom. The number of ether oxygens (including phenoxy) is 1. The summed E-state index contributed by atoms with van der Waals surface area (Å²) in [6.45, 7) is 0.0577. The lowest BCUT2D eigenvalue weighted by Crippen LogP contribution is -2.25. The van der Waals surface area contributed by atoms with Crippen molar-refractivity contribution in [2.45, 2.75) is 6.54 Å². The summed E-state index contributed by atoms with van der Waals surface area (Å²) in [6, 6.07) is 13.9. The number of amides is 2. The quantitative estimate of drug-likeness (QED) is 0.856. The molecule has 0 heterocycles. The van der Waals surface area contributed by atoms with E-state index < -0.39 is 5.91 Å². The maximum absolute atomic E-state index is 12.2. The highest BCUT2D eigenvalue weighted by Crippen LogP contribution is 2.18. The number of rotatable bonds is 6. The molecule has 0 aromatic heterocycles. The minimum absolute atomic E-state index is 0.279. The van der Waals surface area contributed by atoms with Crippen molar-refractivity contribution in [3.8, 4) is 5.75 Å². The molecule has 0 aliphatic heterocycles. The van der Waals surface area contributed by atoms with Gasteiger partial charge in [-0.3, -0.25) is 9.59 Å². The van der Waals surface area contributed by atoms with Gasteiger partial charge in [0.05, 0.1) is 5.56 Å². The van der Waals surface area contributed by atoms with Crippen LogP contribution in [0.5, 0.6) is 5.75 Å². The van der Waals surface area contributed by atoms with Crippen molar-refractivity contribution >= 4 is 23.4 Å². The fourth-order valence-corrected chi connectivity index (χ4v) is 2.07. The Hall–Kier alpha value is -2.53. The zero-order valence-electron chi connectivity index (χ0n) is 11.7.